The van der Waals surface area contributed by atoms with Gasteiger partial charge in [0.05, 0.1) is 7.11 Å². The summed E-state index contributed by atoms with van der Waals surface area (Å²) in [7, 11) is 1.38. The molecule has 1 N–H and O–H groups in total. The van der Waals surface area contributed by atoms with Crippen LogP contribution in [0.4, 0.5) is 0 Å². The number of carbonyl (C=O) groups is 3. The highest BCUT2D eigenvalue weighted by Gasteiger charge is 2.26. The van der Waals surface area contributed by atoms with Crippen molar-refractivity contribution in [3.63, 3.8) is 0 Å². The van der Waals surface area contributed by atoms with E-state index in [0.29, 0.717) is 5.75 Å². The minimum atomic E-state index is -0.988. The van der Waals surface area contributed by atoms with Crippen molar-refractivity contribution >= 4 is 17.8 Å². The summed E-state index contributed by atoms with van der Waals surface area (Å²) in [4.78, 5) is 40.2. The van der Waals surface area contributed by atoms with Crippen LogP contribution < -0.4 is 19.5 Å². The summed E-state index contributed by atoms with van der Waals surface area (Å²) in [5.74, 6) is -1.07. The fourth-order valence-corrected chi connectivity index (χ4v) is 2.58. The highest BCUT2D eigenvalue weighted by Crippen LogP contribution is 2.29. The molecule has 1 aromatic heterocycles. The number of nitrogens with one attached hydrogen (secondary N) is 1. The van der Waals surface area contributed by atoms with Crippen molar-refractivity contribution in [2.75, 3.05) is 13.9 Å². The van der Waals surface area contributed by atoms with E-state index in [0.717, 1.165) is 0 Å². The molecule has 1 amide bonds. The van der Waals surface area contributed by atoms with Gasteiger partial charge in [-0.1, -0.05) is 18.2 Å². The van der Waals surface area contributed by atoms with Crippen molar-refractivity contribution in [3.8, 4) is 17.2 Å². The second kappa shape index (κ2) is 12.3. The monoisotopic (exact) mass is 460 g/mol. The van der Waals surface area contributed by atoms with Gasteiger partial charge in [0, 0.05) is 19.2 Å². The van der Waals surface area contributed by atoms with Crippen molar-refractivity contribution in [1.29, 1.82) is 0 Å². The zero-order valence-corrected chi connectivity index (χ0v) is 19.2. The zero-order chi connectivity index (χ0) is 24.4. The summed E-state index contributed by atoms with van der Waals surface area (Å²) in [5.41, 5.74) is -0.144. The van der Waals surface area contributed by atoms with E-state index in [1.807, 2.05) is 18.2 Å². The van der Waals surface area contributed by atoms with E-state index in [-0.39, 0.29) is 17.2 Å². The lowest BCUT2D eigenvalue weighted by Gasteiger charge is -2.23. The molecule has 0 aliphatic rings. The van der Waals surface area contributed by atoms with Gasteiger partial charge in [0.1, 0.15) is 24.0 Å². The molecule has 0 aliphatic carbocycles. The predicted octanol–water partition coefficient (Wildman–Crippen LogP) is 2.51. The highest BCUT2D eigenvalue weighted by atomic mass is 16.7. The van der Waals surface area contributed by atoms with E-state index in [1.165, 1.54) is 33.2 Å². The number of pyridine rings is 1. The van der Waals surface area contributed by atoms with Crippen LogP contribution in [0.15, 0.2) is 42.6 Å². The number of ether oxygens (including phenoxy) is 5. The van der Waals surface area contributed by atoms with Crippen LogP contribution in [0.2, 0.25) is 0 Å². The molecule has 0 saturated heterocycles. The number of hydrogen-bond donors (Lipinski definition) is 1. The molecule has 10 heteroatoms. The van der Waals surface area contributed by atoms with Gasteiger partial charge >= 0.3 is 11.9 Å². The maximum atomic E-state index is 12.8. The minimum absolute atomic E-state index is 0.0300. The maximum absolute atomic E-state index is 12.8. The number of carbonyl (C=O) groups excluding carboxylic acids is 3. The first-order chi connectivity index (χ1) is 15.7. The van der Waals surface area contributed by atoms with Gasteiger partial charge in [-0.25, -0.2) is 9.78 Å². The van der Waals surface area contributed by atoms with Gasteiger partial charge in [-0.2, -0.15) is 0 Å². The lowest BCUT2D eigenvalue weighted by molar-refractivity contribution is -0.154. The smallest absolute Gasteiger partial charge is 0.328 e. The first-order valence-corrected chi connectivity index (χ1v) is 10.2. The molecule has 2 rings (SSSR count). The van der Waals surface area contributed by atoms with Crippen LogP contribution in [0.25, 0.3) is 0 Å². The SMILES string of the molecule is COc1ccnc(C(=O)N[C@@H](C)C(=O)O[C@H](C)[C@H](C)Oc2ccccc2)c1OCOC(C)=O. The standard InChI is InChI=1S/C23H28N2O8/c1-14(23(28)33-16(3)15(2)32-18-9-7-6-8-10-18)25-22(27)20-21(31-13-30-17(4)26)19(29-5)11-12-24-20/h6-12,14-16H,13H2,1-5H3,(H,25,27)/t14-,15-,16+/m0/s1. The summed E-state index contributed by atoms with van der Waals surface area (Å²) in [5, 5.41) is 2.52. The second-order valence-corrected chi connectivity index (χ2v) is 7.06. The normalized spacial score (nSPS) is 13.1. The number of para-hydroxylation sites is 1. The van der Waals surface area contributed by atoms with Gasteiger partial charge in [0.2, 0.25) is 6.79 Å². The molecule has 3 atom stereocenters. The van der Waals surface area contributed by atoms with Crippen molar-refractivity contribution in [2.24, 2.45) is 0 Å². The topological polar surface area (TPSA) is 122 Å². The number of benzene rings is 1. The molecular weight excluding hydrogens is 432 g/mol. The highest BCUT2D eigenvalue weighted by molar-refractivity contribution is 5.98. The molecule has 33 heavy (non-hydrogen) atoms. The van der Waals surface area contributed by atoms with Gasteiger partial charge in [-0.05, 0) is 32.9 Å². The summed E-state index contributed by atoms with van der Waals surface area (Å²) in [6, 6.07) is 9.65. The van der Waals surface area contributed by atoms with Crippen molar-refractivity contribution in [2.45, 2.75) is 45.9 Å². The molecule has 0 spiro atoms. The Hall–Kier alpha value is -3.82. The third kappa shape index (κ3) is 7.67. The zero-order valence-electron chi connectivity index (χ0n) is 19.2. The third-order valence-electron chi connectivity index (χ3n) is 4.50. The molecule has 0 saturated carbocycles. The Balaban J connectivity index is 1.99. The number of hydrogen-bond acceptors (Lipinski definition) is 9. The molecule has 0 unspecified atom stereocenters. The number of methoxy groups -OCH3 is 1. The largest absolute Gasteiger partial charge is 0.493 e. The third-order valence-corrected chi connectivity index (χ3v) is 4.50. The van der Waals surface area contributed by atoms with Crippen LogP contribution in [0, 0.1) is 0 Å². The van der Waals surface area contributed by atoms with Crippen LogP contribution in [0.1, 0.15) is 38.2 Å². The van der Waals surface area contributed by atoms with Crippen LogP contribution in [0.5, 0.6) is 17.2 Å². The molecule has 0 aliphatic heterocycles. The van der Waals surface area contributed by atoms with Crippen molar-refractivity contribution in [3.05, 3.63) is 48.3 Å². The Morgan fingerprint density at radius 2 is 1.73 bits per heavy atom. The molecule has 1 heterocycles. The van der Waals surface area contributed by atoms with Gasteiger partial charge in [-0.15, -0.1) is 0 Å². The Morgan fingerprint density at radius 1 is 1.03 bits per heavy atom. The lowest BCUT2D eigenvalue weighted by Crippen LogP contribution is -2.43. The van der Waals surface area contributed by atoms with Crippen LogP contribution in [-0.2, 0) is 19.1 Å². The van der Waals surface area contributed by atoms with Crippen LogP contribution in [-0.4, -0.2) is 55.0 Å². The Labute approximate surface area is 192 Å². The van der Waals surface area contributed by atoms with Gasteiger partial charge in [0.15, 0.2) is 17.2 Å². The van der Waals surface area contributed by atoms with Crippen molar-refractivity contribution < 1.29 is 38.1 Å². The summed E-state index contributed by atoms with van der Waals surface area (Å²) >= 11 is 0. The van der Waals surface area contributed by atoms with Gasteiger partial charge in [0.25, 0.3) is 5.91 Å². The number of rotatable bonds is 11. The number of esters is 2. The fraction of sp³-hybridized carbons (Fsp3) is 0.391. The predicted molar refractivity (Wildman–Crippen MR) is 117 cm³/mol. The van der Waals surface area contributed by atoms with Gasteiger partial charge in [-0.3, -0.25) is 9.59 Å². The van der Waals surface area contributed by atoms with E-state index < -0.39 is 42.9 Å². The summed E-state index contributed by atoms with van der Waals surface area (Å²) in [6.45, 7) is 5.74. The Bertz CT molecular complexity index is 951. The maximum Gasteiger partial charge on any atom is 0.328 e. The van der Waals surface area contributed by atoms with Crippen molar-refractivity contribution in [1.82, 2.24) is 10.3 Å². The van der Waals surface area contributed by atoms with E-state index in [4.69, 9.17) is 23.7 Å². The molecule has 10 nitrogen and oxygen atoms in total. The van der Waals surface area contributed by atoms with Crippen LogP contribution in [0.3, 0.4) is 0 Å². The molecule has 2 aromatic rings. The molecule has 0 fully saturated rings. The minimum Gasteiger partial charge on any atom is -0.493 e. The number of nitrogens with zero attached hydrogens (tertiary/aromatic N) is 1. The molecule has 1 aromatic carbocycles. The van der Waals surface area contributed by atoms with E-state index in [2.05, 4.69) is 10.3 Å². The van der Waals surface area contributed by atoms with E-state index in [9.17, 15) is 14.4 Å². The summed E-state index contributed by atoms with van der Waals surface area (Å²) in [6.07, 6.45) is 0.357. The molecule has 0 radical (unpaired) electrons. The second-order valence-electron chi connectivity index (χ2n) is 7.06. The molecular formula is C23H28N2O8. The fourth-order valence-electron chi connectivity index (χ4n) is 2.58. The molecule has 0 bridgehead atoms. The average Bonchev–Trinajstić information content (AvgIpc) is 2.79. The Morgan fingerprint density at radius 3 is 2.36 bits per heavy atom. The number of amides is 1. The first-order valence-electron chi connectivity index (χ1n) is 10.2. The molecule has 178 valence electrons. The summed E-state index contributed by atoms with van der Waals surface area (Å²) < 4.78 is 26.5. The first kappa shape index (κ1) is 25.4. The number of aromatic nitrogens is 1. The van der Waals surface area contributed by atoms with Gasteiger partial charge < -0.3 is 29.0 Å². The lowest BCUT2D eigenvalue weighted by atomic mass is 10.2. The quantitative estimate of drug-likeness (QED) is 0.398. The van der Waals surface area contributed by atoms with E-state index in [1.54, 1.807) is 26.0 Å². The van der Waals surface area contributed by atoms with Crippen LogP contribution >= 0.6 is 0 Å². The Kier molecular flexibility index (Phi) is 9.46. The average molecular weight is 460 g/mol. The van der Waals surface area contributed by atoms with E-state index >= 15 is 0 Å².